The topological polar surface area (TPSA) is 89.1 Å². The molecule has 3 rings (SSSR count). The van der Waals surface area contributed by atoms with Crippen LogP contribution in [0.25, 0.3) is 0 Å². The third-order valence-corrected chi connectivity index (χ3v) is 3.20. The van der Waals surface area contributed by atoms with Crippen LogP contribution in [0.3, 0.4) is 0 Å². The van der Waals surface area contributed by atoms with Crippen molar-refractivity contribution in [3.63, 3.8) is 0 Å². The standard InChI is InChI=1S/C15H12O6/c16-11-6-7-20-14(13(11)17)15(18,12-8-19-9-21-12)10-4-2-1-3-5-10/h1-8,17-18H,9H2. The highest BCUT2D eigenvalue weighted by Crippen LogP contribution is 2.41. The quantitative estimate of drug-likeness (QED) is 0.888. The first-order valence-electron chi connectivity index (χ1n) is 6.18. The predicted octanol–water partition coefficient (Wildman–Crippen LogP) is 1.43. The maximum Gasteiger partial charge on any atom is 0.230 e. The summed E-state index contributed by atoms with van der Waals surface area (Å²) >= 11 is 0. The van der Waals surface area contributed by atoms with E-state index in [1.54, 1.807) is 30.3 Å². The minimum atomic E-state index is -1.96. The molecule has 0 radical (unpaired) electrons. The molecule has 0 spiro atoms. The van der Waals surface area contributed by atoms with Gasteiger partial charge in [0.1, 0.15) is 6.26 Å². The first kappa shape index (κ1) is 13.3. The molecular weight excluding hydrogens is 276 g/mol. The van der Waals surface area contributed by atoms with Crippen LogP contribution >= 0.6 is 0 Å². The number of aliphatic hydroxyl groups is 1. The molecule has 108 valence electrons. The average molecular weight is 288 g/mol. The van der Waals surface area contributed by atoms with Gasteiger partial charge in [0.05, 0.1) is 6.26 Å². The Morgan fingerprint density at radius 3 is 2.57 bits per heavy atom. The predicted molar refractivity (Wildman–Crippen MR) is 71.2 cm³/mol. The highest BCUT2D eigenvalue weighted by atomic mass is 16.7. The first-order chi connectivity index (χ1) is 10.1. The van der Waals surface area contributed by atoms with E-state index in [1.165, 1.54) is 6.26 Å². The van der Waals surface area contributed by atoms with E-state index >= 15 is 0 Å². The molecule has 1 aliphatic rings. The molecular formula is C15H12O6. The van der Waals surface area contributed by atoms with E-state index in [2.05, 4.69) is 0 Å². The molecule has 2 aromatic rings. The zero-order chi connectivity index (χ0) is 14.9. The Balaban J connectivity index is 2.27. The van der Waals surface area contributed by atoms with Gasteiger partial charge in [0.15, 0.2) is 11.5 Å². The summed E-state index contributed by atoms with van der Waals surface area (Å²) in [6, 6.07) is 9.48. The largest absolute Gasteiger partial charge is 0.502 e. The summed E-state index contributed by atoms with van der Waals surface area (Å²) in [6.07, 6.45) is 2.32. The molecule has 0 aliphatic carbocycles. The van der Waals surface area contributed by atoms with Gasteiger partial charge in [-0.3, -0.25) is 4.79 Å². The van der Waals surface area contributed by atoms with Gasteiger partial charge < -0.3 is 24.1 Å². The van der Waals surface area contributed by atoms with Crippen molar-refractivity contribution in [1.29, 1.82) is 0 Å². The lowest BCUT2D eigenvalue weighted by Gasteiger charge is -2.27. The molecule has 0 saturated carbocycles. The fourth-order valence-electron chi connectivity index (χ4n) is 2.16. The van der Waals surface area contributed by atoms with Gasteiger partial charge in [-0.2, -0.15) is 0 Å². The molecule has 0 bridgehead atoms. The molecule has 0 saturated heterocycles. The Kier molecular flexibility index (Phi) is 3.15. The van der Waals surface area contributed by atoms with E-state index in [4.69, 9.17) is 13.9 Å². The molecule has 2 heterocycles. The van der Waals surface area contributed by atoms with Gasteiger partial charge in [0, 0.05) is 6.07 Å². The molecule has 1 unspecified atom stereocenters. The van der Waals surface area contributed by atoms with Gasteiger partial charge in [0.25, 0.3) is 0 Å². The van der Waals surface area contributed by atoms with Gasteiger partial charge in [-0.15, -0.1) is 0 Å². The van der Waals surface area contributed by atoms with Crippen LogP contribution in [-0.4, -0.2) is 17.0 Å². The normalized spacial score (nSPS) is 16.5. The Labute approximate surface area is 119 Å². The molecule has 0 fully saturated rings. The number of benzene rings is 1. The van der Waals surface area contributed by atoms with Gasteiger partial charge in [-0.05, 0) is 5.56 Å². The second-order valence-corrected chi connectivity index (χ2v) is 4.45. The molecule has 1 aromatic carbocycles. The Morgan fingerprint density at radius 1 is 1.14 bits per heavy atom. The number of rotatable bonds is 3. The van der Waals surface area contributed by atoms with Gasteiger partial charge >= 0.3 is 0 Å². The smallest absolute Gasteiger partial charge is 0.230 e. The summed E-state index contributed by atoms with van der Waals surface area (Å²) in [5, 5.41) is 21.1. The highest BCUT2D eigenvalue weighted by Gasteiger charge is 2.45. The van der Waals surface area contributed by atoms with Gasteiger partial charge in [-0.25, -0.2) is 0 Å². The zero-order valence-corrected chi connectivity index (χ0v) is 10.9. The van der Waals surface area contributed by atoms with Crippen molar-refractivity contribution in [2.75, 3.05) is 6.79 Å². The van der Waals surface area contributed by atoms with Crippen LogP contribution in [-0.2, 0) is 15.1 Å². The van der Waals surface area contributed by atoms with Gasteiger partial charge in [0.2, 0.25) is 23.6 Å². The van der Waals surface area contributed by atoms with Crippen LogP contribution in [0.5, 0.6) is 5.75 Å². The fourth-order valence-corrected chi connectivity index (χ4v) is 2.16. The van der Waals surface area contributed by atoms with Crippen molar-refractivity contribution in [2.24, 2.45) is 0 Å². The fraction of sp³-hybridized carbons (Fsp3) is 0.133. The minimum absolute atomic E-state index is 0.0263. The average Bonchev–Trinajstić information content (AvgIpc) is 3.05. The van der Waals surface area contributed by atoms with Crippen molar-refractivity contribution in [3.05, 3.63) is 76.2 Å². The SMILES string of the molecule is O=c1ccoc(C(O)(C2=COCO2)c2ccccc2)c1O. The number of ether oxygens (including phenoxy) is 2. The van der Waals surface area contributed by atoms with E-state index in [0.29, 0.717) is 5.56 Å². The van der Waals surface area contributed by atoms with Crippen LogP contribution < -0.4 is 5.43 Å². The molecule has 1 aromatic heterocycles. The number of aromatic hydroxyl groups is 1. The van der Waals surface area contributed by atoms with Crippen molar-refractivity contribution < 1.29 is 24.1 Å². The highest BCUT2D eigenvalue weighted by molar-refractivity contribution is 5.44. The Hall–Kier alpha value is -2.73. The lowest BCUT2D eigenvalue weighted by atomic mass is 9.88. The summed E-state index contributed by atoms with van der Waals surface area (Å²) < 4.78 is 15.4. The molecule has 1 atom stereocenters. The van der Waals surface area contributed by atoms with Crippen LogP contribution in [0.2, 0.25) is 0 Å². The number of hydrogen-bond donors (Lipinski definition) is 2. The second-order valence-electron chi connectivity index (χ2n) is 4.45. The zero-order valence-electron chi connectivity index (χ0n) is 10.9. The maximum atomic E-state index is 11.6. The van der Waals surface area contributed by atoms with E-state index in [1.807, 2.05) is 0 Å². The van der Waals surface area contributed by atoms with Crippen LogP contribution in [0.1, 0.15) is 11.3 Å². The molecule has 6 nitrogen and oxygen atoms in total. The van der Waals surface area contributed by atoms with E-state index in [-0.39, 0.29) is 18.3 Å². The number of hydrogen-bond acceptors (Lipinski definition) is 6. The lowest BCUT2D eigenvalue weighted by molar-refractivity contribution is 0.00325. The molecule has 6 heteroatoms. The molecule has 2 N–H and O–H groups in total. The van der Waals surface area contributed by atoms with Crippen LogP contribution in [0.15, 0.2) is 63.9 Å². The van der Waals surface area contributed by atoms with E-state index in [0.717, 1.165) is 12.3 Å². The second kappa shape index (κ2) is 4.99. The van der Waals surface area contributed by atoms with Crippen molar-refractivity contribution >= 4 is 0 Å². The van der Waals surface area contributed by atoms with Gasteiger partial charge in [-0.1, -0.05) is 30.3 Å². The molecule has 1 aliphatic heterocycles. The lowest BCUT2D eigenvalue weighted by Crippen LogP contribution is -2.31. The first-order valence-corrected chi connectivity index (χ1v) is 6.18. The summed E-state index contributed by atoms with van der Waals surface area (Å²) in [4.78, 5) is 11.6. The maximum absolute atomic E-state index is 11.6. The van der Waals surface area contributed by atoms with Crippen molar-refractivity contribution in [3.8, 4) is 5.75 Å². The van der Waals surface area contributed by atoms with E-state index in [9.17, 15) is 15.0 Å². The Morgan fingerprint density at radius 2 is 1.90 bits per heavy atom. The van der Waals surface area contributed by atoms with E-state index < -0.39 is 16.8 Å². The molecule has 21 heavy (non-hydrogen) atoms. The third-order valence-electron chi connectivity index (χ3n) is 3.20. The summed E-state index contributed by atoms with van der Waals surface area (Å²) in [6.45, 7) is -0.0672. The Bertz CT molecular complexity index is 733. The summed E-state index contributed by atoms with van der Waals surface area (Å²) in [5.74, 6) is -0.975. The summed E-state index contributed by atoms with van der Waals surface area (Å²) in [5.41, 5.74) is -2.25. The third kappa shape index (κ3) is 2.05. The van der Waals surface area contributed by atoms with Crippen molar-refractivity contribution in [2.45, 2.75) is 5.60 Å². The van der Waals surface area contributed by atoms with Crippen molar-refractivity contribution in [1.82, 2.24) is 0 Å². The van der Waals surface area contributed by atoms with Crippen LogP contribution in [0.4, 0.5) is 0 Å². The molecule has 0 amide bonds. The minimum Gasteiger partial charge on any atom is -0.502 e. The monoisotopic (exact) mass is 288 g/mol. The van der Waals surface area contributed by atoms with Crippen LogP contribution in [0, 0.1) is 0 Å². The summed E-state index contributed by atoms with van der Waals surface area (Å²) in [7, 11) is 0.